The summed E-state index contributed by atoms with van der Waals surface area (Å²) in [4.78, 5) is 5.31. The zero-order chi connectivity index (χ0) is 16.6. The van der Waals surface area contributed by atoms with Crippen molar-refractivity contribution in [2.24, 2.45) is 5.16 Å². The Morgan fingerprint density at radius 1 is 1.00 bits per heavy atom. The molecule has 0 bridgehead atoms. The molecular formula is C21H21N2O. The van der Waals surface area contributed by atoms with Crippen molar-refractivity contribution in [1.82, 2.24) is 0 Å². The Labute approximate surface area is 143 Å². The van der Waals surface area contributed by atoms with Crippen LogP contribution in [0.1, 0.15) is 60.3 Å². The molecule has 0 heterocycles. The van der Waals surface area contributed by atoms with Crippen LogP contribution >= 0.6 is 0 Å². The molecule has 0 spiro atoms. The number of nitriles is 1. The molecule has 0 unspecified atom stereocenters. The predicted molar refractivity (Wildman–Crippen MR) is 94.8 cm³/mol. The van der Waals surface area contributed by atoms with Gasteiger partial charge in [-0.1, -0.05) is 54.8 Å². The second-order valence-electron chi connectivity index (χ2n) is 6.25. The van der Waals surface area contributed by atoms with Crippen LogP contribution in [0.5, 0.6) is 0 Å². The molecule has 0 aliphatic heterocycles. The van der Waals surface area contributed by atoms with Gasteiger partial charge in [0.1, 0.15) is 12.8 Å². The summed E-state index contributed by atoms with van der Waals surface area (Å²) in [6.07, 6.45) is 9.58. The van der Waals surface area contributed by atoms with Crippen molar-refractivity contribution < 1.29 is 4.84 Å². The first-order chi connectivity index (χ1) is 11.8. The van der Waals surface area contributed by atoms with Gasteiger partial charge in [-0.2, -0.15) is 5.26 Å². The first-order valence-electron chi connectivity index (χ1n) is 8.52. The summed E-state index contributed by atoms with van der Waals surface area (Å²) >= 11 is 0. The van der Waals surface area contributed by atoms with Crippen molar-refractivity contribution >= 4 is 6.21 Å². The summed E-state index contributed by atoms with van der Waals surface area (Å²) in [6.45, 7) is 0.376. The van der Waals surface area contributed by atoms with Gasteiger partial charge in [0.05, 0.1) is 11.6 Å². The third kappa shape index (κ3) is 4.45. The molecule has 121 valence electrons. The molecule has 2 aromatic rings. The van der Waals surface area contributed by atoms with Crippen molar-refractivity contribution in [3.63, 3.8) is 0 Å². The lowest BCUT2D eigenvalue weighted by molar-refractivity contribution is 0.132. The first-order valence-corrected chi connectivity index (χ1v) is 8.52. The minimum Gasteiger partial charge on any atom is -0.390 e. The molecule has 3 heteroatoms. The maximum Gasteiger partial charge on any atom is 0.142 e. The van der Waals surface area contributed by atoms with E-state index in [9.17, 15) is 0 Å². The lowest BCUT2D eigenvalue weighted by atomic mass is 9.84. The zero-order valence-electron chi connectivity index (χ0n) is 13.7. The fraction of sp³-hybridized carbons (Fsp3) is 0.333. The maximum absolute atomic E-state index is 8.78. The molecular weight excluding hydrogens is 296 g/mol. The number of hydrogen-bond acceptors (Lipinski definition) is 3. The molecule has 2 aromatic carbocycles. The highest BCUT2D eigenvalue weighted by atomic mass is 16.6. The molecule has 1 aliphatic rings. The van der Waals surface area contributed by atoms with Crippen LogP contribution < -0.4 is 0 Å². The van der Waals surface area contributed by atoms with Crippen LogP contribution in [0.25, 0.3) is 0 Å². The van der Waals surface area contributed by atoms with Crippen LogP contribution in [-0.2, 0) is 11.4 Å². The molecule has 0 N–H and O–H groups in total. The van der Waals surface area contributed by atoms with Gasteiger partial charge in [0.2, 0.25) is 0 Å². The fourth-order valence-electron chi connectivity index (χ4n) is 3.17. The minimum absolute atomic E-state index is 0.376. The highest BCUT2D eigenvalue weighted by Gasteiger charge is 2.15. The molecule has 0 saturated heterocycles. The summed E-state index contributed by atoms with van der Waals surface area (Å²) in [5.41, 5.74) is 3.98. The Bertz CT molecular complexity index is 722. The van der Waals surface area contributed by atoms with Crippen molar-refractivity contribution in [2.45, 2.75) is 44.6 Å². The standard InChI is InChI=1S/C21H21N2O/c22-14-17-9-11-18(12-10-17)16-24-23-15-19-5-4-8-21(13-19)20-6-2-1-3-7-20/h4-5,8-13,20H,1-3,6-7,16H2. The molecule has 0 aromatic heterocycles. The van der Waals surface area contributed by atoms with Gasteiger partial charge in [-0.05, 0) is 48.1 Å². The average Bonchev–Trinajstić information content (AvgIpc) is 2.67. The van der Waals surface area contributed by atoms with E-state index in [2.05, 4.69) is 35.6 Å². The van der Waals surface area contributed by atoms with Gasteiger partial charge in [-0.25, -0.2) is 0 Å². The van der Waals surface area contributed by atoms with E-state index in [1.165, 1.54) is 37.7 Å². The summed E-state index contributed by atoms with van der Waals surface area (Å²) in [5.74, 6) is 0.681. The summed E-state index contributed by atoms with van der Waals surface area (Å²) in [7, 11) is 0. The Morgan fingerprint density at radius 3 is 2.54 bits per heavy atom. The van der Waals surface area contributed by atoms with E-state index in [0.717, 1.165) is 11.1 Å². The Balaban J connectivity index is 1.55. The van der Waals surface area contributed by atoms with Crippen molar-refractivity contribution in [3.8, 4) is 6.07 Å². The second kappa shape index (κ2) is 8.31. The minimum atomic E-state index is 0.376. The van der Waals surface area contributed by atoms with Gasteiger partial charge in [0.25, 0.3) is 0 Å². The SMILES string of the molecule is N#Cc1ccc(CO/N=[C]\c2cccc(C3CCCCC3)c2)cc1. The smallest absolute Gasteiger partial charge is 0.142 e. The second-order valence-corrected chi connectivity index (χ2v) is 6.25. The molecule has 1 radical (unpaired) electrons. The van der Waals surface area contributed by atoms with Crippen molar-refractivity contribution in [3.05, 3.63) is 70.8 Å². The Morgan fingerprint density at radius 2 is 1.79 bits per heavy atom. The number of nitrogens with zero attached hydrogens (tertiary/aromatic N) is 2. The van der Waals surface area contributed by atoms with Gasteiger partial charge in [0.15, 0.2) is 0 Å². The normalized spacial score (nSPS) is 15.3. The lowest BCUT2D eigenvalue weighted by Gasteiger charge is -2.22. The van der Waals surface area contributed by atoms with Gasteiger partial charge in [-0.3, -0.25) is 0 Å². The molecule has 1 saturated carbocycles. The van der Waals surface area contributed by atoms with Gasteiger partial charge < -0.3 is 4.84 Å². The first kappa shape index (κ1) is 16.3. The molecule has 24 heavy (non-hydrogen) atoms. The quantitative estimate of drug-likeness (QED) is 0.573. The number of hydrogen-bond donors (Lipinski definition) is 0. The molecule has 3 rings (SSSR count). The van der Waals surface area contributed by atoms with Crippen LogP contribution in [-0.4, -0.2) is 6.21 Å². The van der Waals surface area contributed by atoms with E-state index in [0.29, 0.717) is 18.1 Å². The van der Waals surface area contributed by atoms with Crippen LogP contribution in [0.4, 0.5) is 0 Å². The fourth-order valence-corrected chi connectivity index (χ4v) is 3.17. The molecule has 1 fully saturated rings. The number of rotatable bonds is 5. The average molecular weight is 317 g/mol. The molecule has 0 amide bonds. The Kier molecular flexibility index (Phi) is 5.63. The van der Waals surface area contributed by atoms with E-state index in [1.807, 2.05) is 18.2 Å². The molecule has 0 atom stereocenters. The maximum atomic E-state index is 8.78. The summed E-state index contributed by atoms with van der Waals surface area (Å²) < 4.78 is 0. The highest BCUT2D eigenvalue weighted by Crippen LogP contribution is 2.32. The third-order valence-electron chi connectivity index (χ3n) is 4.52. The largest absolute Gasteiger partial charge is 0.390 e. The molecule has 1 aliphatic carbocycles. The van der Waals surface area contributed by atoms with E-state index in [4.69, 9.17) is 10.1 Å². The third-order valence-corrected chi connectivity index (χ3v) is 4.52. The monoisotopic (exact) mass is 317 g/mol. The lowest BCUT2D eigenvalue weighted by Crippen LogP contribution is -2.04. The highest BCUT2D eigenvalue weighted by molar-refractivity contribution is 5.79. The van der Waals surface area contributed by atoms with Crippen LogP contribution in [0.2, 0.25) is 0 Å². The van der Waals surface area contributed by atoms with E-state index in [1.54, 1.807) is 12.1 Å². The van der Waals surface area contributed by atoms with Crippen molar-refractivity contribution in [2.75, 3.05) is 0 Å². The van der Waals surface area contributed by atoms with Crippen LogP contribution in [0.3, 0.4) is 0 Å². The van der Waals surface area contributed by atoms with Gasteiger partial charge in [0, 0.05) is 5.56 Å². The van der Waals surface area contributed by atoms with Gasteiger partial charge >= 0.3 is 0 Å². The topological polar surface area (TPSA) is 45.4 Å². The number of benzene rings is 2. The van der Waals surface area contributed by atoms with E-state index >= 15 is 0 Å². The van der Waals surface area contributed by atoms with Crippen molar-refractivity contribution in [1.29, 1.82) is 5.26 Å². The summed E-state index contributed by atoms with van der Waals surface area (Å²) in [6, 6.07) is 17.9. The van der Waals surface area contributed by atoms with Gasteiger partial charge in [-0.15, -0.1) is 0 Å². The Hall–Kier alpha value is -2.60. The van der Waals surface area contributed by atoms with Crippen LogP contribution in [0.15, 0.2) is 53.7 Å². The molecule has 3 nitrogen and oxygen atoms in total. The van der Waals surface area contributed by atoms with E-state index in [-0.39, 0.29) is 0 Å². The van der Waals surface area contributed by atoms with E-state index < -0.39 is 0 Å². The predicted octanol–water partition coefficient (Wildman–Crippen LogP) is 5.03. The van der Waals surface area contributed by atoms with Crippen LogP contribution in [0, 0.1) is 11.3 Å². The zero-order valence-corrected chi connectivity index (χ0v) is 13.7. The summed E-state index contributed by atoms with van der Waals surface area (Å²) in [5, 5.41) is 12.7.